The summed E-state index contributed by atoms with van der Waals surface area (Å²) in [4.78, 5) is 12.8. The predicted octanol–water partition coefficient (Wildman–Crippen LogP) is 5.85. The summed E-state index contributed by atoms with van der Waals surface area (Å²) in [5, 5.41) is 0.685. The van der Waals surface area contributed by atoms with Crippen LogP contribution >= 0.6 is 11.6 Å². The van der Waals surface area contributed by atoms with E-state index in [9.17, 15) is 4.79 Å². The van der Waals surface area contributed by atoms with Crippen molar-refractivity contribution >= 4 is 23.5 Å². The molecule has 0 N–H and O–H groups in total. The average molecular weight is 407 g/mol. The summed E-state index contributed by atoms with van der Waals surface area (Å²) in [6.45, 7) is 2.28. The summed E-state index contributed by atoms with van der Waals surface area (Å²) in [7, 11) is 1.61. The van der Waals surface area contributed by atoms with Crippen molar-refractivity contribution in [2.45, 2.75) is 13.5 Å². The first kappa shape index (κ1) is 19.1. The Labute approximate surface area is 174 Å². The monoisotopic (exact) mass is 406 g/mol. The number of hydrogen-bond acceptors (Lipinski definition) is 4. The van der Waals surface area contributed by atoms with Crippen molar-refractivity contribution in [3.05, 3.63) is 93.7 Å². The van der Waals surface area contributed by atoms with Gasteiger partial charge < -0.3 is 14.2 Å². The quantitative estimate of drug-likeness (QED) is 0.498. The average Bonchev–Trinajstić information content (AvgIpc) is 3.03. The number of hydrogen-bond donors (Lipinski definition) is 0. The number of carbonyl (C=O) groups is 1. The van der Waals surface area contributed by atoms with Gasteiger partial charge in [-0.05, 0) is 60.0 Å². The van der Waals surface area contributed by atoms with Crippen LogP contribution in [0, 0.1) is 6.92 Å². The molecule has 0 amide bonds. The van der Waals surface area contributed by atoms with Gasteiger partial charge in [0, 0.05) is 11.1 Å². The molecule has 5 heteroatoms. The summed E-state index contributed by atoms with van der Waals surface area (Å²) in [5.41, 5.74) is 3.21. The van der Waals surface area contributed by atoms with Crippen LogP contribution in [-0.4, -0.2) is 12.9 Å². The number of Topliss-reactive ketones (excluding diaryl/α,β-unsaturated/α-hetero) is 1. The Hall–Kier alpha value is -3.24. The molecule has 0 aliphatic carbocycles. The number of fused-ring (bicyclic) bond motifs is 1. The van der Waals surface area contributed by atoms with Crippen LogP contribution in [0.4, 0.5) is 0 Å². The van der Waals surface area contributed by atoms with Crippen molar-refractivity contribution in [1.82, 2.24) is 0 Å². The molecule has 0 radical (unpaired) electrons. The van der Waals surface area contributed by atoms with E-state index in [0.717, 1.165) is 22.4 Å². The number of aryl methyl sites for hydroxylation is 1. The number of ether oxygens (including phenoxy) is 3. The molecule has 29 heavy (non-hydrogen) atoms. The fourth-order valence-electron chi connectivity index (χ4n) is 3.19. The van der Waals surface area contributed by atoms with E-state index in [1.54, 1.807) is 19.3 Å². The normalized spacial score (nSPS) is 13.9. The van der Waals surface area contributed by atoms with Gasteiger partial charge in [0.15, 0.2) is 5.76 Å². The van der Waals surface area contributed by atoms with Gasteiger partial charge in [-0.1, -0.05) is 35.9 Å². The van der Waals surface area contributed by atoms with Gasteiger partial charge in [-0.2, -0.15) is 0 Å². The van der Waals surface area contributed by atoms with Crippen LogP contribution in [0.5, 0.6) is 17.2 Å². The Morgan fingerprint density at radius 3 is 2.59 bits per heavy atom. The van der Waals surface area contributed by atoms with Crippen LogP contribution in [0.3, 0.4) is 0 Å². The lowest BCUT2D eigenvalue weighted by molar-refractivity contribution is 0.101. The highest BCUT2D eigenvalue weighted by Crippen LogP contribution is 2.37. The molecule has 0 unspecified atom stereocenters. The van der Waals surface area contributed by atoms with Crippen molar-refractivity contribution in [1.29, 1.82) is 0 Å². The molecule has 146 valence electrons. The molecule has 0 spiro atoms. The maximum absolute atomic E-state index is 12.8. The third kappa shape index (κ3) is 4.13. The van der Waals surface area contributed by atoms with E-state index in [-0.39, 0.29) is 11.5 Å². The zero-order valence-electron chi connectivity index (χ0n) is 16.1. The van der Waals surface area contributed by atoms with E-state index in [2.05, 4.69) is 0 Å². The number of allylic oxidation sites excluding steroid dienone is 1. The number of halogens is 1. The van der Waals surface area contributed by atoms with E-state index in [1.165, 1.54) is 0 Å². The number of benzene rings is 3. The Morgan fingerprint density at radius 2 is 1.83 bits per heavy atom. The van der Waals surface area contributed by atoms with E-state index < -0.39 is 0 Å². The predicted molar refractivity (Wildman–Crippen MR) is 113 cm³/mol. The molecular formula is C24H19ClO4. The van der Waals surface area contributed by atoms with Gasteiger partial charge in [0.25, 0.3) is 0 Å². The topological polar surface area (TPSA) is 44.8 Å². The van der Waals surface area contributed by atoms with Crippen LogP contribution < -0.4 is 14.2 Å². The minimum atomic E-state index is -0.135. The van der Waals surface area contributed by atoms with Crippen molar-refractivity contribution < 1.29 is 19.0 Å². The lowest BCUT2D eigenvalue weighted by Crippen LogP contribution is -2.00. The molecule has 4 rings (SSSR count). The van der Waals surface area contributed by atoms with Gasteiger partial charge in [0.05, 0.1) is 12.7 Å². The first-order chi connectivity index (χ1) is 14.0. The van der Waals surface area contributed by atoms with E-state index in [4.69, 9.17) is 25.8 Å². The van der Waals surface area contributed by atoms with E-state index in [1.807, 2.05) is 61.5 Å². The van der Waals surface area contributed by atoms with E-state index in [0.29, 0.717) is 28.7 Å². The maximum Gasteiger partial charge on any atom is 0.232 e. The molecule has 0 atom stereocenters. The smallest absolute Gasteiger partial charge is 0.232 e. The van der Waals surface area contributed by atoms with Gasteiger partial charge in [0.1, 0.15) is 23.9 Å². The number of methoxy groups -OCH3 is 1. The van der Waals surface area contributed by atoms with E-state index >= 15 is 0 Å². The highest BCUT2D eigenvalue weighted by molar-refractivity contribution is 6.30. The van der Waals surface area contributed by atoms with Crippen LogP contribution in [0.15, 0.2) is 66.4 Å². The molecule has 0 saturated heterocycles. The standard InChI is InChI=1S/C24H19ClO4/c1-15-10-20(28-14-16-6-8-18(25)9-7-16)13-21-23(15)24(26)22(29-21)12-17-4-3-5-19(11-17)27-2/h3-13H,14H2,1-2H3/b22-12-. The summed E-state index contributed by atoms with van der Waals surface area (Å²) in [6.07, 6.45) is 1.72. The Morgan fingerprint density at radius 1 is 1.03 bits per heavy atom. The van der Waals surface area contributed by atoms with Crippen LogP contribution in [0.1, 0.15) is 27.0 Å². The van der Waals surface area contributed by atoms with Crippen molar-refractivity contribution in [3.63, 3.8) is 0 Å². The second-order valence-electron chi connectivity index (χ2n) is 6.74. The Bertz CT molecular complexity index is 1100. The molecular weight excluding hydrogens is 388 g/mol. The van der Waals surface area contributed by atoms with Crippen molar-refractivity contribution in [3.8, 4) is 17.2 Å². The van der Waals surface area contributed by atoms with Crippen LogP contribution in [-0.2, 0) is 6.61 Å². The molecule has 0 aromatic heterocycles. The molecule has 1 aliphatic heterocycles. The third-order valence-corrected chi connectivity index (χ3v) is 4.91. The van der Waals surface area contributed by atoms with Crippen LogP contribution in [0.25, 0.3) is 6.08 Å². The second kappa shape index (κ2) is 8.02. The second-order valence-corrected chi connectivity index (χ2v) is 7.18. The maximum atomic E-state index is 12.8. The van der Waals surface area contributed by atoms with Gasteiger partial charge in [-0.3, -0.25) is 4.79 Å². The fourth-order valence-corrected chi connectivity index (χ4v) is 3.32. The van der Waals surface area contributed by atoms with Gasteiger partial charge in [0.2, 0.25) is 5.78 Å². The summed E-state index contributed by atoms with van der Waals surface area (Å²) in [5.74, 6) is 2.02. The number of carbonyl (C=O) groups excluding carboxylic acids is 1. The minimum absolute atomic E-state index is 0.135. The first-order valence-electron chi connectivity index (χ1n) is 9.13. The highest BCUT2D eigenvalue weighted by Gasteiger charge is 2.30. The first-order valence-corrected chi connectivity index (χ1v) is 9.51. The summed E-state index contributed by atoms with van der Waals surface area (Å²) < 4.78 is 17.0. The number of ketones is 1. The van der Waals surface area contributed by atoms with Gasteiger partial charge >= 0.3 is 0 Å². The molecule has 4 nitrogen and oxygen atoms in total. The Kier molecular flexibility index (Phi) is 5.28. The highest BCUT2D eigenvalue weighted by atomic mass is 35.5. The Balaban J connectivity index is 1.56. The lowest BCUT2D eigenvalue weighted by Gasteiger charge is -2.09. The zero-order chi connectivity index (χ0) is 20.4. The zero-order valence-corrected chi connectivity index (χ0v) is 16.8. The summed E-state index contributed by atoms with van der Waals surface area (Å²) >= 11 is 5.91. The molecule has 3 aromatic carbocycles. The fraction of sp³-hybridized carbons (Fsp3) is 0.125. The largest absolute Gasteiger partial charge is 0.497 e. The SMILES string of the molecule is COc1cccc(/C=C2\Oc3cc(OCc4ccc(Cl)cc4)cc(C)c3C2=O)c1. The molecule has 0 saturated carbocycles. The molecule has 1 aliphatic rings. The lowest BCUT2D eigenvalue weighted by atomic mass is 10.0. The minimum Gasteiger partial charge on any atom is -0.497 e. The molecule has 3 aromatic rings. The molecule has 1 heterocycles. The number of rotatable bonds is 5. The molecule has 0 bridgehead atoms. The van der Waals surface area contributed by atoms with Gasteiger partial charge in [-0.25, -0.2) is 0 Å². The van der Waals surface area contributed by atoms with Crippen molar-refractivity contribution in [2.75, 3.05) is 7.11 Å². The summed E-state index contributed by atoms with van der Waals surface area (Å²) in [6, 6.07) is 18.5. The third-order valence-electron chi connectivity index (χ3n) is 4.65. The molecule has 0 fully saturated rings. The van der Waals surface area contributed by atoms with Crippen molar-refractivity contribution in [2.24, 2.45) is 0 Å². The van der Waals surface area contributed by atoms with Gasteiger partial charge in [-0.15, -0.1) is 0 Å². The van der Waals surface area contributed by atoms with Crippen LogP contribution in [0.2, 0.25) is 5.02 Å².